The Balaban J connectivity index is 2.37. The van der Waals surface area contributed by atoms with Gasteiger partial charge in [-0.25, -0.2) is 13.1 Å². The number of ether oxygens (including phenoxy) is 1. The average Bonchev–Trinajstić information content (AvgIpc) is 3.30. The van der Waals surface area contributed by atoms with Crippen LogP contribution in [-0.4, -0.2) is 33.5 Å². The smallest absolute Gasteiger partial charge is 0.252 e. The van der Waals surface area contributed by atoms with Crippen molar-refractivity contribution in [2.75, 3.05) is 13.7 Å². The molecule has 1 aliphatic rings. The zero-order valence-corrected chi connectivity index (χ0v) is 13.4. The zero-order chi connectivity index (χ0) is 16.5. The number of rotatable bonds is 7. The molecular formula is C14H21N3O4S. The van der Waals surface area contributed by atoms with Crippen LogP contribution in [0.3, 0.4) is 0 Å². The monoisotopic (exact) mass is 327 g/mol. The van der Waals surface area contributed by atoms with Crippen molar-refractivity contribution in [3.05, 3.63) is 23.8 Å². The van der Waals surface area contributed by atoms with Crippen molar-refractivity contribution in [3.63, 3.8) is 0 Å². The number of carbonyl (C=O) groups is 1. The summed E-state index contributed by atoms with van der Waals surface area (Å²) in [6.07, 6.45) is 1.90. The molecule has 0 bridgehead atoms. The van der Waals surface area contributed by atoms with Gasteiger partial charge in [0.25, 0.3) is 5.91 Å². The van der Waals surface area contributed by atoms with Gasteiger partial charge in [0.1, 0.15) is 5.75 Å². The van der Waals surface area contributed by atoms with E-state index in [0.29, 0.717) is 0 Å². The predicted octanol–water partition coefficient (Wildman–Crippen LogP) is 0.200. The van der Waals surface area contributed by atoms with Crippen molar-refractivity contribution in [1.29, 1.82) is 0 Å². The van der Waals surface area contributed by atoms with Gasteiger partial charge in [0.2, 0.25) is 10.0 Å². The lowest BCUT2D eigenvalue weighted by Gasteiger charge is -2.29. The third kappa shape index (κ3) is 3.23. The molecule has 0 aliphatic heterocycles. The van der Waals surface area contributed by atoms with Crippen molar-refractivity contribution in [2.24, 2.45) is 17.4 Å². The molecule has 1 aromatic carbocycles. The Hall–Kier alpha value is -1.64. The highest BCUT2D eigenvalue weighted by molar-refractivity contribution is 7.89. The minimum absolute atomic E-state index is 0.0197. The summed E-state index contributed by atoms with van der Waals surface area (Å²) in [5.41, 5.74) is 10.3. The number of amides is 1. The van der Waals surface area contributed by atoms with Gasteiger partial charge in [-0.15, -0.1) is 0 Å². The van der Waals surface area contributed by atoms with E-state index in [4.69, 9.17) is 16.2 Å². The molecule has 1 saturated carbocycles. The molecule has 2 rings (SSSR count). The van der Waals surface area contributed by atoms with E-state index in [1.165, 1.54) is 25.3 Å². The van der Waals surface area contributed by atoms with Gasteiger partial charge in [-0.3, -0.25) is 4.79 Å². The fourth-order valence-corrected chi connectivity index (χ4v) is 3.93. The van der Waals surface area contributed by atoms with Crippen molar-refractivity contribution in [2.45, 2.75) is 30.2 Å². The first-order chi connectivity index (χ1) is 10.2. The first-order valence-corrected chi connectivity index (χ1v) is 8.43. The van der Waals surface area contributed by atoms with Crippen LogP contribution >= 0.6 is 0 Å². The Morgan fingerprint density at radius 2 is 2.09 bits per heavy atom. The number of nitrogens with two attached hydrogens (primary N) is 2. The number of primary amides is 1. The minimum atomic E-state index is -3.81. The summed E-state index contributed by atoms with van der Waals surface area (Å²) in [7, 11) is -2.43. The topological polar surface area (TPSA) is 125 Å². The van der Waals surface area contributed by atoms with Gasteiger partial charge in [-0.05, 0) is 43.9 Å². The Morgan fingerprint density at radius 1 is 1.45 bits per heavy atom. The van der Waals surface area contributed by atoms with Crippen molar-refractivity contribution in [1.82, 2.24) is 4.72 Å². The number of benzene rings is 1. The van der Waals surface area contributed by atoms with Gasteiger partial charge >= 0.3 is 0 Å². The predicted molar refractivity (Wildman–Crippen MR) is 82.0 cm³/mol. The Bertz CT molecular complexity index is 685. The van der Waals surface area contributed by atoms with Crippen LogP contribution in [0.1, 0.15) is 30.1 Å². The van der Waals surface area contributed by atoms with Crippen LogP contribution in [0.5, 0.6) is 5.75 Å². The Labute approximate surface area is 130 Å². The van der Waals surface area contributed by atoms with Crippen molar-refractivity contribution >= 4 is 15.9 Å². The number of hydrogen-bond acceptors (Lipinski definition) is 5. The normalized spacial score (nSPS) is 17.8. The molecular weight excluding hydrogens is 306 g/mol. The molecule has 0 heterocycles. The SMILES string of the molecule is COc1ccc(S(=O)(=O)NC(C)(CN)C2CC2)cc1C(N)=O. The third-order valence-corrected chi connectivity index (χ3v) is 5.63. The second-order valence-corrected chi connectivity index (χ2v) is 7.41. The molecule has 0 radical (unpaired) electrons. The van der Waals surface area contributed by atoms with Crippen LogP contribution in [0.25, 0.3) is 0 Å². The third-order valence-electron chi connectivity index (χ3n) is 4.02. The molecule has 0 spiro atoms. The first kappa shape index (κ1) is 16.7. The van der Waals surface area contributed by atoms with Gasteiger partial charge in [-0.1, -0.05) is 0 Å². The minimum Gasteiger partial charge on any atom is -0.496 e. The summed E-state index contributed by atoms with van der Waals surface area (Å²) in [5, 5.41) is 0. The maximum atomic E-state index is 12.6. The van der Waals surface area contributed by atoms with E-state index in [0.717, 1.165) is 12.8 Å². The quantitative estimate of drug-likeness (QED) is 0.660. The highest BCUT2D eigenvalue weighted by Crippen LogP contribution is 2.39. The van der Waals surface area contributed by atoms with E-state index in [2.05, 4.69) is 4.72 Å². The number of nitrogens with one attached hydrogen (secondary N) is 1. The Morgan fingerprint density at radius 3 is 2.55 bits per heavy atom. The second-order valence-electron chi connectivity index (χ2n) is 5.73. The Kier molecular flexibility index (Phi) is 4.46. The maximum absolute atomic E-state index is 12.6. The number of methoxy groups -OCH3 is 1. The van der Waals surface area contributed by atoms with Crippen LogP contribution < -0.4 is 20.9 Å². The van der Waals surface area contributed by atoms with Gasteiger partial charge in [0, 0.05) is 12.1 Å². The molecule has 1 aromatic rings. The van der Waals surface area contributed by atoms with E-state index in [1.807, 2.05) is 0 Å². The zero-order valence-electron chi connectivity index (χ0n) is 12.6. The molecule has 122 valence electrons. The number of hydrogen-bond donors (Lipinski definition) is 3. The van der Waals surface area contributed by atoms with Gasteiger partial charge < -0.3 is 16.2 Å². The summed E-state index contributed by atoms with van der Waals surface area (Å²) < 4.78 is 32.8. The molecule has 1 unspecified atom stereocenters. The summed E-state index contributed by atoms with van der Waals surface area (Å²) in [4.78, 5) is 11.4. The molecule has 7 nitrogen and oxygen atoms in total. The molecule has 1 amide bonds. The lowest BCUT2D eigenvalue weighted by atomic mass is 9.98. The van der Waals surface area contributed by atoms with Crippen LogP contribution in [0, 0.1) is 5.92 Å². The molecule has 1 fully saturated rings. The number of carbonyl (C=O) groups excluding carboxylic acids is 1. The molecule has 22 heavy (non-hydrogen) atoms. The van der Waals surface area contributed by atoms with Gasteiger partial charge in [-0.2, -0.15) is 0 Å². The van der Waals surface area contributed by atoms with E-state index >= 15 is 0 Å². The van der Waals surface area contributed by atoms with Crippen molar-refractivity contribution in [3.8, 4) is 5.75 Å². The van der Waals surface area contributed by atoms with Gasteiger partial charge in [0.15, 0.2) is 0 Å². The largest absolute Gasteiger partial charge is 0.496 e. The number of sulfonamides is 1. The lowest BCUT2D eigenvalue weighted by molar-refractivity contribution is 0.0997. The van der Waals surface area contributed by atoms with E-state index < -0.39 is 21.5 Å². The first-order valence-electron chi connectivity index (χ1n) is 6.95. The van der Waals surface area contributed by atoms with Crippen molar-refractivity contribution < 1.29 is 17.9 Å². The van der Waals surface area contributed by atoms with Crippen LogP contribution in [0.15, 0.2) is 23.1 Å². The summed E-state index contributed by atoms with van der Waals surface area (Å²) in [6.45, 7) is 2.00. The molecule has 1 atom stereocenters. The lowest BCUT2D eigenvalue weighted by Crippen LogP contribution is -2.52. The average molecular weight is 327 g/mol. The maximum Gasteiger partial charge on any atom is 0.252 e. The van der Waals surface area contributed by atoms with Crippen LogP contribution in [0.4, 0.5) is 0 Å². The van der Waals surface area contributed by atoms with Gasteiger partial charge in [0.05, 0.1) is 17.6 Å². The molecule has 1 aliphatic carbocycles. The molecule has 0 saturated heterocycles. The summed E-state index contributed by atoms with van der Waals surface area (Å²) in [5.74, 6) is -0.283. The van der Waals surface area contributed by atoms with E-state index in [9.17, 15) is 13.2 Å². The summed E-state index contributed by atoms with van der Waals surface area (Å²) >= 11 is 0. The molecule has 0 aromatic heterocycles. The second kappa shape index (κ2) is 5.86. The summed E-state index contributed by atoms with van der Waals surface area (Å²) in [6, 6.07) is 4.00. The molecule has 8 heteroatoms. The fraction of sp³-hybridized carbons (Fsp3) is 0.500. The standard InChI is InChI=1S/C14H21N3O4S/c1-14(8-15,9-3-4-9)17-22(19,20)10-5-6-12(21-2)11(7-10)13(16)18/h5-7,9,17H,3-4,8,15H2,1-2H3,(H2,16,18). The molecule has 5 N–H and O–H groups in total. The van der Waals surface area contributed by atoms with Crippen LogP contribution in [-0.2, 0) is 10.0 Å². The van der Waals surface area contributed by atoms with Crippen LogP contribution in [0.2, 0.25) is 0 Å². The van der Waals surface area contributed by atoms with E-state index in [-0.39, 0.29) is 28.7 Å². The fourth-order valence-electron chi connectivity index (χ4n) is 2.42. The highest BCUT2D eigenvalue weighted by atomic mass is 32.2. The van der Waals surface area contributed by atoms with E-state index in [1.54, 1.807) is 6.92 Å². The highest BCUT2D eigenvalue weighted by Gasteiger charge is 2.43.